The molecule has 1 aromatic rings. The SMILES string of the molecule is CN(CCCN)c1ccc(S(=O)(=O)C(F)F)cc1. The van der Waals surface area contributed by atoms with Gasteiger partial charge in [-0.3, -0.25) is 0 Å². The predicted molar refractivity (Wildman–Crippen MR) is 66.6 cm³/mol. The van der Waals surface area contributed by atoms with Gasteiger partial charge in [-0.25, -0.2) is 8.42 Å². The molecule has 0 aromatic heterocycles. The highest BCUT2D eigenvalue weighted by atomic mass is 32.2. The number of benzene rings is 1. The standard InChI is InChI=1S/C11H16F2N2O2S/c1-15(8-2-7-14)9-3-5-10(6-4-9)18(16,17)11(12)13/h3-6,11H,2,7-8,14H2,1H3. The minimum atomic E-state index is -4.51. The quantitative estimate of drug-likeness (QED) is 0.856. The van der Waals surface area contributed by atoms with Gasteiger partial charge < -0.3 is 10.6 Å². The molecule has 2 N–H and O–H groups in total. The average molecular weight is 278 g/mol. The molecule has 1 aromatic carbocycles. The van der Waals surface area contributed by atoms with Crippen LogP contribution in [0.1, 0.15) is 6.42 Å². The van der Waals surface area contributed by atoms with Crippen molar-refractivity contribution in [3.8, 4) is 0 Å². The van der Waals surface area contributed by atoms with E-state index in [2.05, 4.69) is 0 Å². The van der Waals surface area contributed by atoms with Gasteiger partial charge in [0.25, 0.3) is 0 Å². The molecule has 0 aliphatic heterocycles. The van der Waals surface area contributed by atoms with Gasteiger partial charge in [0.05, 0.1) is 4.90 Å². The second kappa shape index (κ2) is 6.10. The predicted octanol–water partition coefficient (Wildman–Crippen LogP) is 1.47. The summed E-state index contributed by atoms with van der Waals surface area (Å²) in [6.07, 6.45) is 0.799. The van der Waals surface area contributed by atoms with Gasteiger partial charge in [0, 0.05) is 19.3 Å². The fourth-order valence-corrected chi connectivity index (χ4v) is 2.17. The van der Waals surface area contributed by atoms with Gasteiger partial charge in [-0.1, -0.05) is 0 Å². The molecule has 0 bridgehead atoms. The number of hydrogen-bond acceptors (Lipinski definition) is 4. The third-order valence-electron chi connectivity index (χ3n) is 2.54. The minimum Gasteiger partial charge on any atom is -0.375 e. The molecule has 0 aliphatic rings. The third kappa shape index (κ3) is 3.39. The zero-order chi connectivity index (χ0) is 13.8. The average Bonchev–Trinajstić information content (AvgIpc) is 2.35. The smallest absolute Gasteiger partial charge is 0.341 e. The second-order valence-corrected chi connectivity index (χ2v) is 5.78. The van der Waals surface area contributed by atoms with Crippen LogP contribution in [-0.4, -0.2) is 34.3 Å². The molecular weight excluding hydrogens is 262 g/mol. The maximum Gasteiger partial charge on any atom is 0.341 e. The first-order valence-corrected chi connectivity index (χ1v) is 6.97. The summed E-state index contributed by atoms with van der Waals surface area (Å²) in [5, 5.41) is 0. The van der Waals surface area contributed by atoms with E-state index in [1.807, 2.05) is 11.9 Å². The van der Waals surface area contributed by atoms with E-state index in [4.69, 9.17) is 5.73 Å². The van der Waals surface area contributed by atoms with E-state index < -0.39 is 15.6 Å². The third-order valence-corrected chi connectivity index (χ3v) is 3.94. The van der Waals surface area contributed by atoms with Gasteiger partial charge in [-0.15, -0.1) is 0 Å². The minimum absolute atomic E-state index is 0.367. The van der Waals surface area contributed by atoms with Crippen LogP contribution in [0.25, 0.3) is 0 Å². The Bertz CT molecular complexity index is 474. The van der Waals surface area contributed by atoms with Gasteiger partial charge in [-0.05, 0) is 37.2 Å². The number of anilines is 1. The second-order valence-electron chi connectivity index (χ2n) is 3.86. The molecule has 102 valence electrons. The number of nitrogens with zero attached hydrogens (tertiary/aromatic N) is 1. The van der Waals surface area contributed by atoms with Crippen molar-refractivity contribution in [2.45, 2.75) is 17.1 Å². The van der Waals surface area contributed by atoms with Gasteiger partial charge in [-0.2, -0.15) is 8.78 Å². The van der Waals surface area contributed by atoms with Gasteiger partial charge in [0.2, 0.25) is 9.84 Å². The summed E-state index contributed by atoms with van der Waals surface area (Å²) in [7, 11) is -2.68. The Morgan fingerprint density at radius 2 is 1.83 bits per heavy atom. The zero-order valence-electron chi connectivity index (χ0n) is 10.0. The topological polar surface area (TPSA) is 63.4 Å². The lowest BCUT2D eigenvalue weighted by Gasteiger charge is -2.19. The Morgan fingerprint density at radius 1 is 1.28 bits per heavy atom. The molecule has 0 radical (unpaired) electrons. The Hall–Kier alpha value is -1.21. The van der Waals surface area contributed by atoms with Gasteiger partial charge in [0.1, 0.15) is 0 Å². The van der Waals surface area contributed by atoms with E-state index in [-0.39, 0.29) is 4.90 Å². The highest BCUT2D eigenvalue weighted by Gasteiger charge is 2.26. The van der Waals surface area contributed by atoms with Crippen LogP contribution in [0.15, 0.2) is 29.2 Å². The molecule has 0 aliphatic carbocycles. The van der Waals surface area contributed by atoms with Crippen molar-refractivity contribution in [2.75, 3.05) is 25.0 Å². The van der Waals surface area contributed by atoms with Crippen LogP contribution in [0.2, 0.25) is 0 Å². The van der Waals surface area contributed by atoms with Crippen molar-refractivity contribution in [1.82, 2.24) is 0 Å². The fourth-order valence-electron chi connectivity index (χ4n) is 1.45. The molecular formula is C11H16F2N2O2S. The summed E-state index contributed by atoms with van der Waals surface area (Å²) in [5.74, 6) is -3.39. The van der Waals surface area contributed by atoms with E-state index >= 15 is 0 Å². The first-order chi connectivity index (χ1) is 8.39. The first-order valence-electron chi connectivity index (χ1n) is 5.43. The normalized spacial score (nSPS) is 11.8. The lowest BCUT2D eigenvalue weighted by atomic mass is 10.3. The number of halogens is 2. The summed E-state index contributed by atoms with van der Waals surface area (Å²) < 4.78 is 47.0. The van der Waals surface area contributed by atoms with E-state index in [1.54, 1.807) is 0 Å². The zero-order valence-corrected chi connectivity index (χ0v) is 10.8. The molecule has 0 atom stereocenters. The molecule has 1 rings (SSSR count). The van der Waals surface area contributed by atoms with Crippen LogP contribution in [0.5, 0.6) is 0 Å². The summed E-state index contributed by atoms with van der Waals surface area (Å²) in [6, 6.07) is 5.39. The number of rotatable bonds is 6. The molecule has 0 amide bonds. The summed E-state index contributed by atoms with van der Waals surface area (Å²) in [5.41, 5.74) is 6.14. The van der Waals surface area contributed by atoms with Crippen molar-refractivity contribution in [3.63, 3.8) is 0 Å². The van der Waals surface area contributed by atoms with Crippen LogP contribution in [-0.2, 0) is 9.84 Å². The monoisotopic (exact) mass is 278 g/mol. The molecule has 0 saturated carbocycles. The van der Waals surface area contributed by atoms with E-state index in [1.165, 1.54) is 24.3 Å². The number of nitrogens with two attached hydrogens (primary N) is 1. The Kier molecular flexibility index (Phi) is 5.03. The van der Waals surface area contributed by atoms with E-state index in [9.17, 15) is 17.2 Å². The van der Waals surface area contributed by atoms with Gasteiger partial charge >= 0.3 is 5.76 Å². The van der Waals surface area contributed by atoms with Crippen molar-refractivity contribution in [2.24, 2.45) is 5.73 Å². The molecule has 0 spiro atoms. The molecule has 0 unspecified atom stereocenters. The maximum atomic E-state index is 12.3. The molecule has 0 saturated heterocycles. The summed E-state index contributed by atoms with van der Waals surface area (Å²) in [4.78, 5) is 1.51. The molecule has 4 nitrogen and oxygen atoms in total. The van der Waals surface area contributed by atoms with Crippen LogP contribution in [0, 0.1) is 0 Å². The lowest BCUT2D eigenvalue weighted by Crippen LogP contribution is -2.21. The Labute approximate surface area is 105 Å². The van der Waals surface area contributed by atoms with Crippen LogP contribution in [0.4, 0.5) is 14.5 Å². The Balaban J connectivity index is 2.87. The summed E-state index contributed by atoms with van der Waals surface area (Å²) in [6.45, 7) is 1.28. The van der Waals surface area contributed by atoms with Crippen molar-refractivity contribution in [3.05, 3.63) is 24.3 Å². The van der Waals surface area contributed by atoms with Crippen molar-refractivity contribution >= 4 is 15.5 Å². The molecule has 0 fully saturated rings. The van der Waals surface area contributed by atoms with E-state index in [0.29, 0.717) is 6.54 Å². The van der Waals surface area contributed by atoms with Crippen LogP contribution >= 0.6 is 0 Å². The lowest BCUT2D eigenvalue weighted by molar-refractivity contribution is 0.234. The first kappa shape index (κ1) is 14.8. The molecule has 0 heterocycles. The Morgan fingerprint density at radius 3 is 2.28 bits per heavy atom. The number of alkyl halides is 2. The largest absolute Gasteiger partial charge is 0.375 e. The van der Waals surface area contributed by atoms with E-state index in [0.717, 1.165) is 18.7 Å². The van der Waals surface area contributed by atoms with Crippen LogP contribution < -0.4 is 10.6 Å². The van der Waals surface area contributed by atoms with Crippen LogP contribution in [0.3, 0.4) is 0 Å². The van der Waals surface area contributed by atoms with Gasteiger partial charge in [0.15, 0.2) is 0 Å². The molecule has 7 heteroatoms. The summed E-state index contributed by atoms with van der Waals surface area (Å²) >= 11 is 0. The number of hydrogen-bond donors (Lipinski definition) is 1. The van der Waals surface area contributed by atoms with Crippen molar-refractivity contribution in [1.29, 1.82) is 0 Å². The molecule has 18 heavy (non-hydrogen) atoms. The fraction of sp³-hybridized carbons (Fsp3) is 0.455. The number of sulfone groups is 1. The maximum absolute atomic E-state index is 12.3. The van der Waals surface area contributed by atoms with Crippen molar-refractivity contribution < 1.29 is 17.2 Å². The highest BCUT2D eigenvalue weighted by molar-refractivity contribution is 7.91. The highest BCUT2D eigenvalue weighted by Crippen LogP contribution is 2.21.